The van der Waals surface area contributed by atoms with Crippen molar-refractivity contribution in [3.8, 4) is 0 Å². The second-order valence-electron chi connectivity index (χ2n) is 4.77. The van der Waals surface area contributed by atoms with Crippen molar-refractivity contribution in [1.29, 1.82) is 0 Å². The van der Waals surface area contributed by atoms with Crippen LogP contribution in [-0.4, -0.2) is 14.9 Å². The average Bonchev–Trinajstić information content (AvgIpc) is 2.66. The van der Waals surface area contributed by atoms with Crippen molar-refractivity contribution in [3.63, 3.8) is 0 Å². The lowest BCUT2D eigenvalue weighted by Crippen LogP contribution is -2.02. The van der Waals surface area contributed by atoms with E-state index in [2.05, 4.69) is 37.1 Å². The summed E-state index contributed by atoms with van der Waals surface area (Å²) in [4.78, 5) is 0. The van der Waals surface area contributed by atoms with E-state index in [1.54, 1.807) is 4.68 Å². The Morgan fingerprint density at radius 2 is 2.16 bits per heavy atom. The molecular formula is C15H19ClN2O. The second kappa shape index (κ2) is 6.22. The summed E-state index contributed by atoms with van der Waals surface area (Å²) in [5, 5.41) is 14.5. The zero-order chi connectivity index (χ0) is 13.8. The van der Waals surface area contributed by atoms with Crippen LogP contribution in [-0.2, 0) is 19.6 Å². The highest BCUT2D eigenvalue weighted by atomic mass is 35.5. The summed E-state index contributed by atoms with van der Waals surface area (Å²) < 4.78 is 1.77. The normalized spacial score (nSPS) is 10.9. The van der Waals surface area contributed by atoms with Crippen LogP contribution in [0.15, 0.2) is 24.3 Å². The van der Waals surface area contributed by atoms with Crippen LogP contribution in [0.4, 0.5) is 0 Å². The summed E-state index contributed by atoms with van der Waals surface area (Å²) in [6, 6.07) is 8.27. The third kappa shape index (κ3) is 3.17. The van der Waals surface area contributed by atoms with Gasteiger partial charge in [0.15, 0.2) is 0 Å². The lowest BCUT2D eigenvalue weighted by molar-refractivity contribution is 0.280. The molecule has 0 atom stereocenters. The zero-order valence-corrected chi connectivity index (χ0v) is 12.1. The van der Waals surface area contributed by atoms with E-state index < -0.39 is 0 Å². The highest BCUT2D eigenvalue weighted by Crippen LogP contribution is 2.22. The number of halogens is 1. The van der Waals surface area contributed by atoms with E-state index in [1.807, 2.05) is 6.07 Å². The molecule has 4 heteroatoms. The van der Waals surface area contributed by atoms with Crippen molar-refractivity contribution in [2.45, 2.75) is 39.8 Å². The molecule has 0 saturated carbocycles. The highest BCUT2D eigenvalue weighted by molar-refractivity contribution is 6.30. The maximum absolute atomic E-state index is 9.41. The molecule has 0 unspecified atom stereocenters. The molecule has 0 spiro atoms. The van der Waals surface area contributed by atoms with Crippen LogP contribution in [0.3, 0.4) is 0 Å². The van der Waals surface area contributed by atoms with Gasteiger partial charge in [0.25, 0.3) is 0 Å². The van der Waals surface area contributed by atoms with Gasteiger partial charge in [0.2, 0.25) is 0 Å². The molecule has 0 bridgehead atoms. The van der Waals surface area contributed by atoms with E-state index in [0.29, 0.717) is 11.7 Å². The van der Waals surface area contributed by atoms with E-state index >= 15 is 0 Å². The number of rotatable bonds is 5. The Kier molecular flexibility index (Phi) is 4.61. The molecule has 1 aromatic carbocycles. The molecule has 19 heavy (non-hydrogen) atoms. The van der Waals surface area contributed by atoms with Crippen molar-refractivity contribution < 1.29 is 5.11 Å². The molecule has 1 N–H and O–H groups in total. The van der Waals surface area contributed by atoms with Crippen molar-refractivity contribution in [1.82, 2.24) is 9.78 Å². The fraction of sp³-hybridized carbons (Fsp3) is 0.400. The van der Waals surface area contributed by atoms with E-state index in [1.165, 1.54) is 5.56 Å². The first-order valence-corrected chi connectivity index (χ1v) is 6.94. The lowest BCUT2D eigenvalue weighted by Gasteiger charge is -2.04. The summed E-state index contributed by atoms with van der Waals surface area (Å²) in [5.74, 6) is 0. The summed E-state index contributed by atoms with van der Waals surface area (Å²) in [6.07, 6.45) is 1.83. The van der Waals surface area contributed by atoms with Gasteiger partial charge in [-0.3, -0.25) is 0 Å². The Balaban J connectivity index is 2.30. The Bertz CT molecular complexity index is 563. The minimum Gasteiger partial charge on any atom is -0.391 e. The van der Waals surface area contributed by atoms with Gasteiger partial charge < -0.3 is 5.11 Å². The van der Waals surface area contributed by atoms with Crippen molar-refractivity contribution in [2.24, 2.45) is 0 Å². The standard InChI is InChI=1S/C15H19ClN2O/c1-3-5-14-13(10-19)15(16)18(17-14)9-12-7-4-6-11(2)8-12/h4,6-8,19H,3,5,9-10H2,1-2H3. The van der Waals surface area contributed by atoms with Gasteiger partial charge in [-0.25, -0.2) is 4.68 Å². The number of aryl methyl sites for hydroxylation is 2. The van der Waals surface area contributed by atoms with Gasteiger partial charge in [0.1, 0.15) is 5.15 Å². The SMILES string of the molecule is CCCc1nn(Cc2cccc(C)c2)c(Cl)c1CO. The smallest absolute Gasteiger partial charge is 0.133 e. The predicted octanol–water partition coefficient (Wildman–Crippen LogP) is 3.34. The van der Waals surface area contributed by atoms with Crippen LogP contribution >= 0.6 is 11.6 Å². The van der Waals surface area contributed by atoms with Crippen LogP contribution in [0.1, 0.15) is 35.7 Å². The molecule has 1 aromatic heterocycles. The first kappa shape index (κ1) is 14.1. The molecule has 0 aliphatic carbocycles. The predicted molar refractivity (Wildman–Crippen MR) is 77.4 cm³/mol. The fourth-order valence-corrected chi connectivity index (χ4v) is 2.47. The molecule has 0 saturated heterocycles. The molecule has 0 amide bonds. The van der Waals surface area contributed by atoms with Crippen molar-refractivity contribution >= 4 is 11.6 Å². The maximum Gasteiger partial charge on any atom is 0.133 e. The van der Waals surface area contributed by atoms with E-state index in [0.717, 1.165) is 29.7 Å². The Hall–Kier alpha value is -1.32. The van der Waals surface area contributed by atoms with Crippen molar-refractivity contribution in [3.05, 3.63) is 51.8 Å². The summed E-state index contributed by atoms with van der Waals surface area (Å²) >= 11 is 6.30. The number of aliphatic hydroxyl groups is 1. The van der Waals surface area contributed by atoms with Crippen LogP contribution < -0.4 is 0 Å². The summed E-state index contributed by atoms with van der Waals surface area (Å²) in [6.45, 7) is 4.74. The molecule has 2 aromatic rings. The van der Waals surface area contributed by atoms with E-state index in [9.17, 15) is 5.11 Å². The monoisotopic (exact) mass is 278 g/mol. The van der Waals surface area contributed by atoms with Gasteiger partial charge >= 0.3 is 0 Å². The van der Waals surface area contributed by atoms with Crippen LogP contribution in [0.5, 0.6) is 0 Å². The number of hydrogen-bond donors (Lipinski definition) is 1. The Morgan fingerprint density at radius 3 is 2.79 bits per heavy atom. The van der Waals surface area contributed by atoms with Crippen LogP contribution in [0, 0.1) is 6.92 Å². The van der Waals surface area contributed by atoms with Gasteiger partial charge in [0.05, 0.1) is 18.8 Å². The van der Waals surface area contributed by atoms with Crippen LogP contribution in [0.2, 0.25) is 5.15 Å². The minimum absolute atomic E-state index is 0.0536. The average molecular weight is 279 g/mol. The fourth-order valence-electron chi connectivity index (χ4n) is 2.21. The topological polar surface area (TPSA) is 38.0 Å². The zero-order valence-electron chi connectivity index (χ0n) is 11.4. The number of benzene rings is 1. The quantitative estimate of drug-likeness (QED) is 0.911. The van der Waals surface area contributed by atoms with Crippen molar-refractivity contribution in [2.75, 3.05) is 0 Å². The Morgan fingerprint density at radius 1 is 1.37 bits per heavy atom. The first-order valence-electron chi connectivity index (χ1n) is 6.56. The van der Waals surface area contributed by atoms with Gasteiger partial charge in [-0.1, -0.05) is 54.8 Å². The molecule has 1 heterocycles. The minimum atomic E-state index is -0.0536. The van der Waals surface area contributed by atoms with Gasteiger partial charge in [-0.2, -0.15) is 5.10 Å². The molecule has 0 radical (unpaired) electrons. The third-order valence-electron chi connectivity index (χ3n) is 3.13. The largest absolute Gasteiger partial charge is 0.391 e. The van der Waals surface area contributed by atoms with Crippen LogP contribution in [0.25, 0.3) is 0 Å². The summed E-state index contributed by atoms with van der Waals surface area (Å²) in [7, 11) is 0. The third-order valence-corrected chi connectivity index (χ3v) is 3.55. The molecule has 102 valence electrons. The lowest BCUT2D eigenvalue weighted by atomic mass is 10.1. The number of nitrogens with zero attached hydrogens (tertiary/aromatic N) is 2. The van der Waals surface area contributed by atoms with E-state index in [4.69, 9.17) is 11.6 Å². The van der Waals surface area contributed by atoms with E-state index in [-0.39, 0.29) is 6.61 Å². The number of aliphatic hydroxyl groups excluding tert-OH is 1. The molecule has 0 aliphatic heterocycles. The highest BCUT2D eigenvalue weighted by Gasteiger charge is 2.15. The molecular weight excluding hydrogens is 260 g/mol. The first-order chi connectivity index (χ1) is 9.15. The summed E-state index contributed by atoms with van der Waals surface area (Å²) in [5.41, 5.74) is 4.05. The maximum atomic E-state index is 9.41. The molecule has 0 aliphatic rings. The molecule has 2 rings (SSSR count). The molecule has 0 fully saturated rings. The van der Waals surface area contributed by atoms with Gasteiger partial charge in [0, 0.05) is 5.56 Å². The second-order valence-corrected chi connectivity index (χ2v) is 5.13. The van der Waals surface area contributed by atoms with Gasteiger partial charge in [-0.15, -0.1) is 0 Å². The number of aromatic nitrogens is 2. The molecule has 3 nitrogen and oxygen atoms in total. The Labute approximate surface area is 118 Å². The van der Waals surface area contributed by atoms with Gasteiger partial charge in [-0.05, 0) is 18.9 Å². The number of hydrogen-bond acceptors (Lipinski definition) is 2.